The predicted octanol–water partition coefficient (Wildman–Crippen LogP) is 1.84. The third-order valence-electron chi connectivity index (χ3n) is 4.34. The topological polar surface area (TPSA) is 92.4 Å². The van der Waals surface area contributed by atoms with Crippen molar-refractivity contribution in [1.29, 1.82) is 0 Å². The molecule has 1 aromatic rings. The summed E-state index contributed by atoms with van der Waals surface area (Å²) in [6.45, 7) is 0.264. The number of hydrogen-bond donors (Lipinski definition) is 3. The molecule has 0 spiro atoms. The Hall–Kier alpha value is -1.88. The molecule has 0 heterocycles. The molecule has 0 bridgehead atoms. The van der Waals surface area contributed by atoms with E-state index in [1.54, 1.807) is 24.3 Å². The van der Waals surface area contributed by atoms with Crippen molar-refractivity contribution in [2.75, 3.05) is 6.54 Å². The number of carboxylic acids is 1. The number of benzene rings is 1. The molecular weight excluding hydrogens is 268 g/mol. The van der Waals surface area contributed by atoms with Crippen molar-refractivity contribution in [2.24, 2.45) is 11.1 Å². The Morgan fingerprint density at radius 2 is 1.81 bits per heavy atom. The molecule has 0 saturated heterocycles. The Bertz CT molecular complexity index is 496. The van der Waals surface area contributed by atoms with Crippen LogP contribution in [0.5, 0.6) is 0 Å². The lowest BCUT2D eigenvalue weighted by molar-refractivity contribution is -0.144. The SMILES string of the molecule is NCC1(C(=O)NC(C(=O)O)c2ccccc2)CCCCC1. The second kappa shape index (κ2) is 6.72. The van der Waals surface area contributed by atoms with Gasteiger partial charge in [-0.05, 0) is 18.4 Å². The van der Waals surface area contributed by atoms with Gasteiger partial charge in [-0.15, -0.1) is 0 Å². The molecule has 0 radical (unpaired) electrons. The van der Waals surface area contributed by atoms with Gasteiger partial charge in [0.2, 0.25) is 5.91 Å². The quantitative estimate of drug-likeness (QED) is 0.771. The van der Waals surface area contributed by atoms with E-state index in [0.717, 1.165) is 32.1 Å². The van der Waals surface area contributed by atoms with E-state index in [4.69, 9.17) is 5.73 Å². The van der Waals surface area contributed by atoms with E-state index in [0.29, 0.717) is 5.56 Å². The van der Waals surface area contributed by atoms with Crippen LogP contribution in [0.3, 0.4) is 0 Å². The average Bonchev–Trinajstić information content (AvgIpc) is 2.53. The van der Waals surface area contributed by atoms with Crippen LogP contribution < -0.4 is 11.1 Å². The zero-order valence-corrected chi connectivity index (χ0v) is 12.0. The normalized spacial score (nSPS) is 18.7. The van der Waals surface area contributed by atoms with Gasteiger partial charge in [-0.25, -0.2) is 4.79 Å². The molecule has 5 heteroatoms. The Balaban J connectivity index is 2.16. The summed E-state index contributed by atoms with van der Waals surface area (Å²) in [5.41, 5.74) is 5.78. The molecule has 1 aromatic carbocycles. The minimum Gasteiger partial charge on any atom is -0.479 e. The van der Waals surface area contributed by atoms with E-state index in [-0.39, 0.29) is 12.5 Å². The van der Waals surface area contributed by atoms with Gasteiger partial charge in [-0.1, -0.05) is 49.6 Å². The van der Waals surface area contributed by atoms with Crippen molar-refractivity contribution in [3.8, 4) is 0 Å². The van der Waals surface area contributed by atoms with Crippen LogP contribution in [0.25, 0.3) is 0 Å². The van der Waals surface area contributed by atoms with Crippen LogP contribution in [0.1, 0.15) is 43.7 Å². The van der Waals surface area contributed by atoms with E-state index < -0.39 is 17.4 Å². The molecule has 1 atom stereocenters. The lowest BCUT2D eigenvalue weighted by Crippen LogP contribution is -2.49. The van der Waals surface area contributed by atoms with E-state index >= 15 is 0 Å². The van der Waals surface area contributed by atoms with Gasteiger partial charge >= 0.3 is 5.97 Å². The van der Waals surface area contributed by atoms with Crippen LogP contribution in [0, 0.1) is 5.41 Å². The number of aliphatic carboxylic acids is 1. The van der Waals surface area contributed by atoms with Crippen LogP contribution in [-0.4, -0.2) is 23.5 Å². The van der Waals surface area contributed by atoms with E-state index in [2.05, 4.69) is 5.32 Å². The van der Waals surface area contributed by atoms with Gasteiger partial charge in [-0.2, -0.15) is 0 Å². The maximum atomic E-state index is 12.6. The first kappa shape index (κ1) is 15.5. The summed E-state index contributed by atoms with van der Waals surface area (Å²) in [6.07, 6.45) is 4.50. The summed E-state index contributed by atoms with van der Waals surface area (Å²) in [4.78, 5) is 24.0. The number of carbonyl (C=O) groups is 2. The first-order valence-electron chi connectivity index (χ1n) is 7.38. The Morgan fingerprint density at radius 1 is 1.19 bits per heavy atom. The summed E-state index contributed by atoms with van der Waals surface area (Å²) in [5, 5.41) is 12.1. The van der Waals surface area contributed by atoms with Gasteiger partial charge in [0.25, 0.3) is 0 Å². The molecule has 2 rings (SSSR count). The van der Waals surface area contributed by atoms with Crippen LogP contribution >= 0.6 is 0 Å². The van der Waals surface area contributed by atoms with Crippen molar-refractivity contribution in [3.05, 3.63) is 35.9 Å². The van der Waals surface area contributed by atoms with Crippen LogP contribution in [0.15, 0.2) is 30.3 Å². The van der Waals surface area contributed by atoms with Crippen molar-refractivity contribution >= 4 is 11.9 Å². The first-order chi connectivity index (χ1) is 10.1. The van der Waals surface area contributed by atoms with Crippen LogP contribution in [0.4, 0.5) is 0 Å². The molecule has 4 N–H and O–H groups in total. The first-order valence-corrected chi connectivity index (χ1v) is 7.38. The van der Waals surface area contributed by atoms with E-state index in [1.807, 2.05) is 6.07 Å². The highest BCUT2D eigenvalue weighted by Gasteiger charge is 2.40. The average molecular weight is 290 g/mol. The standard InChI is InChI=1S/C16H22N2O3/c17-11-16(9-5-2-6-10-16)15(21)18-13(14(19)20)12-7-3-1-4-8-12/h1,3-4,7-8,13H,2,5-6,9-11,17H2,(H,18,21)(H,19,20). The number of rotatable bonds is 5. The highest BCUT2D eigenvalue weighted by molar-refractivity contribution is 5.88. The Morgan fingerprint density at radius 3 is 2.33 bits per heavy atom. The van der Waals surface area contributed by atoms with Gasteiger partial charge in [0.15, 0.2) is 6.04 Å². The lowest BCUT2D eigenvalue weighted by Gasteiger charge is -2.35. The molecule has 21 heavy (non-hydrogen) atoms. The van der Waals surface area contributed by atoms with Crippen molar-refractivity contribution in [1.82, 2.24) is 5.32 Å². The second-order valence-electron chi connectivity index (χ2n) is 5.70. The molecule has 1 saturated carbocycles. The van der Waals surface area contributed by atoms with Gasteiger partial charge in [0.05, 0.1) is 5.41 Å². The highest BCUT2D eigenvalue weighted by atomic mass is 16.4. The number of nitrogens with one attached hydrogen (secondary N) is 1. The summed E-state index contributed by atoms with van der Waals surface area (Å²) < 4.78 is 0. The molecule has 0 aromatic heterocycles. The molecule has 0 aliphatic heterocycles. The fourth-order valence-corrected chi connectivity index (χ4v) is 2.97. The molecule has 1 aliphatic carbocycles. The minimum absolute atomic E-state index is 0.235. The molecule has 114 valence electrons. The fraction of sp³-hybridized carbons (Fsp3) is 0.500. The molecular formula is C16H22N2O3. The summed E-state index contributed by atoms with van der Waals surface area (Å²) >= 11 is 0. The van der Waals surface area contributed by atoms with Crippen LogP contribution in [0.2, 0.25) is 0 Å². The molecule has 1 fully saturated rings. The van der Waals surface area contributed by atoms with Gasteiger partial charge in [-0.3, -0.25) is 4.79 Å². The molecule has 1 aliphatic rings. The lowest BCUT2D eigenvalue weighted by atomic mass is 9.73. The predicted molar refractivity (Wildman–Crippen MR) is 79.5 cm³/mol. The molecule has 1 amide bonds. The largest absolute Gasteiger partial charge is 0.479 e. The molecule has 1 unspecified atom stereocenters. The summed E-state index contributed by atoms with van der Waals surface area (Å²) in [6, 6.07) is 7.72. The van der Waals surface area contributed by atoms with Crippen molar-refractivity contribution in [3.63, 3.8) is 0 Å². The summed E-state index contributed by atoms with van der Waals surface area (Å²) in [5.74, 6) is -1.29. The number of nitrogens with two attached hydrogens (primary N) is 1. The number of carboxylic acid groups (broad SMARTS) is 1. The number of hydrogen-bond acceptors (Lipinski definition) is 3. The number of amides is 1. The molecule has 5 nitrogen and oxygen atoms in total. The van der Waals surface area contributed by atoms with Gasteiger partial charge in [0, 0.05) is 6.54 Å². The Labute approximate surface area is 124 Å². The van der Waals surface area contributed by atoms with E-state index in [9.17, 15) is 14.7 Å². The Kier molecular flexibility index (Phi) is 4.96. The maximum absolute atomic E-state index is 12.6. The minimum atomic E-state index is -1.06. The fourth-order valence-electron chi connectivity index (χ4n) is 2.97. The zero-order valence-electron chi connectivity index (χ0n) is 12.0. The van der Waals surface area contributed by atoms with Crippen molar-refractivity contribution < 1.29 is 14.7 Å². The third kappa shape index (κ3) is 3.42. The summed E-state index contributed by atoms with van der Waals surface area (Å²) in [7, 11) is 0. The highest BCUT2D eigenvalue weighted by Crippen LogP contribution is 2.36. The number of carbonyl (C=O) groups excluding carboxylic acids is 1. The zero-order chi connectivity index (χ0) is 15.3. The third-order valence-corrected chi connectivity index (χ3v) is 4.34. The van der Waals surface area contributed by atoms with Gasteiger partial charge < -0.3 is 16.2 Å². The smallest absolute Gasteiger partial charge is 0.330 e. The maximum Gasteiger partial charge on any atom is 0.330 e. The van der Waals surface area contributed by atoms with Gasteiger partial charge in [0.1, 0.15) is 0 Å². The van der Waals surface area contributed by atoms with E-state index in [1.165, 1.54) is 0 Å². The van der Waals surface area contributed by atoms with Crippen molar-refractivity contribution in [2.45, 2.75) is 38.1 Å². The van der Waals surface area contributed by atoms with Crippen LogP contribution in [-0.2, 0) is 9.59 Å². The second-order valence-corrected chi connectivity index (χ2v) is 5.70. The monoisotopic (exact) mass is 290 g/mol.